The Labute approximate surface area is 174 Å². The number of amides is 4. The molecule has 3 aromatic carbocycles. The average Bonchev–Trinajstić information content (AvgIpc) is 3.20. The SMILES string of the molecule is O=C(c1ccc2c(c1)C(=O)NC2=O)c1ccc2c(c1)C(=O)N(c1ccc(O)cc1)C2=O. The van der Waals surface area contributed by atoms with Crippen LogP contribution in [0, 0.1) is 0 Å². The van der Waals surface area contributed by atoms with Crippen LogP contribution in [0.15, 0.2) is 60.7 Å². The molecule has 0 spiro atoms. The van der Waals surface area contributed by atoms with Gasteiger partial charge >= 0.3 is 0 Å². The van der Waals surface area contributed by atoms with E-state index in [0.717, 1.165) is 4.90 Å². The van der Waals surface area contributed by atoms with Gasteiger partial charge in [-0.25, -0.2) is 4.90 Å². The van der Waals surface area contributed by atoms with Crippen molar-refractivity contribution >= 4 is 35.1 Å². The van der Waals surface area contributed by atoms with Crippen LogP contribution in [-0.4, -0.2) is 34.5 Å². The van der Waals surface area contributed by atoms with Gasteiger partial charge in [-0.1, -0.05) is 12.1 Å². The van der Waals surface area contributed by atoms with Crippen molar-refractivity contribution in [1.29, 1.82) is 0 Å². The highest BCUT2D eigenvalue weighted by atomic mass is 16.3. The van der Waals surface area contributed by atoms with Crippen LogP contribution in [0.1, 0.15) is 57.4 Å². The Balaban J connectivity index is 1.50. The maximum atomic E-state index is 13.0. The zero-order chi connectivity index (χ0) is 21.9. The molecule has 0 aliphatic carbocycles. The lowest BCUT2D eigenvalue weighted by atomic mass is 9.96. The second kappa shape index (κ2) is 6.46. The number of rotatable bonds is 3. The summed E-state index contributed by atoms with van der Waals surface area (Å²) >= 11 is 0. The van der Waals surface area contributed by atoms with Crippen LogP contribution < -0.4 is 10.2 Å². The Bertz CT molecular complexity index is 1360. The van der Waals surface area contributed by atoms with Gasteiger partial charge in [0.15, 0.2) is 5.78 Å². The van der Waals surface area contributed by atoms with Gasteiger partial charge < -0.3 is 5.11 Å². The first-order valence-electron chi connectivity index (χ1n) is 9.21. The summed E-state index contributed by atoms with van der Waals surface area (Å²) in [6.07, 6.45) is 0. The van der Waals surface area contributed by atoms with Crippen LogP contribution >= 0.6 is 0 Å². The van der Waals surface area contributed by atoms with Gasteiger partial charge in [0, 0.05) is 11.1 Å². The van der Waals surface area contributed by atoms with Gasteiger partial charge in [-0.3, -0.25) is 29.3 Å². The predicted molar refractivity (Wildman–Crippen MR) is 107 cm³/mol. The van der Waals surface area contributed by atoms with Crippen molar-refractivity contribution in [3.05, 3.63) is 94.0 Å². The molecule has 2 aliphatic heterocycles. The van der Waals surface area contributed by atoms with E-state index in [1.54, 1.807) is 0 Å². The van der Waals surface area contributed by atoms with E-state index >= 15 is 0 Å². The first-order chi connectivity index (χ1) is 14.8. The molecule has 2 aliphatic rings. The first-order valence-corrected chi connectivity index (χ1v) is 9.21. The summed E-state index contributed by atoms with van der Waals surface area (Å²) in [5, 5.41) is 11.6. The van der Waals surface area contributed by atoms with Crippen molar-refractivity contribution in [3.8, 4) is 5.75 Å². The molecule has 0 saturated carbocycles. The van der Waals surface area contributed by atoms with Gasteiger partial charge in [-0.05, 0) is 48.5 Å². The Morgan fingerprint density at radius 1 is 0.677 bits per heavy atom. The smallest absolute Gasteiger partial charge is 0.266 e. The molecule has 150 valence electrons. The fourth-order valence-corrected chi connectivity index (χ4v) is 3.69. The number of benzene rings is 3. The van der Waals surface area contributed by atoms with Crippen molar-refractivity contribution < 1.29 is 29.1 Å². The maximum Gasteiger partial charge on any atom is 0.266 e. The molecule has 8 nitrogen and oxygen atoms in total. The molecule has 5 rings (SSSR count). The molecule has 31 heavy (non-hydrogen) atoms. The number of ketones is 1. The Morgan fingerprint density at radius 2 is 1.23 bits per heavy atom. The Hall–Kier alpha value is -4.59. The molecule has 0 fully saturated rings. The predicted octanol–water partition coefficient (Wildman–Crippen LogP) is 2.31. The van der Waals surface area contributed by atoms with E-state index in [9.17, 15) is 29.1 Å². The zero-order valence-electron chi connectivity index (χ0n) is 15.7. The second-order valence-electron chi connectivity index (χ2n) is 7.10. The molecule has 0 aromatic heterocycles. The van der Waals surface area contributed by atoms with Crippen molar-refractivity contribution in [3.63, 3.8) is 0 Å². The number of fused-ring (bicyclic) bond motifs is 2. The third kappa shape index (κ3) is 2.73. The largest absolute Gasteiger partial charge is 0.508 e. The molecular weight excluding hydrogens is 400 g/mol. The summed E-state index contributed by atoms with van der Waals surface area (Å²) < 4.78 is 0. The fraction of sp³-hybridized carbons (Fsp3) is 0. The maximum absolute atomic E-state index is 13.0. The quantitative estimate of drug-likeness (QED) is 0.503. The van der Waals surface area contributed by atoms with Crippen molar-refractivity contribution in [1.82, 2.24) is 5.32 Å². The van der Waals surface area contributed by atoms with E-state index in [0.29, 0.717) is 5.69 Å². The third-order valence-electron chi connectivity index (χ3n) is 5.25. The van der Waals surface area contributed by atoms with Crippen LogP contribution in [-0.2, 0) is 0 Å². The summed E-state index contributed by atoms with van der Waals surface area (Å²) in [5.41, 5.74) is 1.19. The lowest BCUT2D eigenvalue weighted by Gasteiger charge is -2.13. The number of hydrogen-bond donors (Lipinski definition) is 2. The summed E-state index contributed by atoms with van der Waals surface area (Å²) in [6.45, 7) is 0. The van der Waals surface area contributed by atoms with Crippen LogP contribution in [0.4, 0.5) is 5.69 Å². The zero-order valence-corrected chi connectivity index (χ0v) is 15.7. The number of imide groups is 2. The molecule has 0 bridgehead atoms. The van der Waals surface area contributed by atoms with Gasteiger partial charge in [0.05, 0.1) is 27.9 Å². The summed E-state index contributed by atoms with van der Waals surface area (Å²) in [4.78, 5) is 63.1. The van der Waals surface area contributed by atoms with Crippen molar-refractivity contribution in [2.24, 2.45) is 0 Å². The molecule has 0 unspecified atom stereocenters. The first kappa shape index (κ1) is 18.4. The summed E-state index contributed by atoms with van der Waals surface area (Å²) in [7, 11) is 0. The van der Waals surface area contributed by atoms with Crippen molar-refractivity contribution in [2.75, 3.05) is 4.90 Å². The van der Waals surface area contributed by atoms with Crippen LogP contribution in [0.25, 0.3) is 0 Å². The molecule has 2 heterocycles. The minimum absolute atomic E-state index is 0.00188. The van der Waals surface area contributed by atoms with E-state index in [1.807, 2.05) is 0 Å². The van der Waals surface area contributed by atoms with E-state index in [-0.39, 0.29) is 39.1 Å². The molecule has 4 amide bonds. The minimum Gasteiger partial charge on any atom is -0.508 e. The highest BCUT2D eigenvalue weighted by molar-refractivity contribution is 6.35. The second-order valence-corrected chi connectivity index (χ2v) is 7.10. The number of phenolic OH excluding ortho intramolecular Hbond substituents is 1. The molecule has 0 saturated heterocycles. The molecule has 3 aromatic rings. The molecule has 0 atom stereocenters. The summed E-state index contributed by atoms with van der Waals surface area (Å²) in [6, 6.07) is 14.0. The number of carbonyl (C=O) groups is 5. The van der Waals surface area contributed by atoms with Crippen LogP contribution in [0.2, 0.25) is 0 Å². The number of hydrogen-bond acceptors (Lipinski definition) is 6. The topological polar surface area (TPSA) is 121 Å². The number of phenols is 1. The lowest BCUT2D eigenvalue weighted by Crippen LogP contribution is -2.29. The molecular formula is C23H12N2O6. The van der Waals surface area contributed by atoms with Crippen LogP contribution in [0.5, 0.6) is 5.75 Å². The standard InChI is InChI=1S/C23H12N2O6/c26-14-5-3-13(4-6-14)25-22(30)16-8-2-12(10-18(16)23(25)31)19(27)11-1-7-15-17(9-11)21(29)24-20(15)28/h1-10,26H,(H,24,28,29). The van der Waals surface area contributed by atoms with E-state index in [1.165, 1.54) is 60.7 Å². The lowest BCUT2D eigenvalue weighted by molar-refractivity contribution is 0.0874. The highest BCUT2D eigenvalue weighted by Gasteiger charge is 2.37. The number of nitrogens with one attached hydrogen (secondary N) is 1. The highest BCUT2D eigenvalue weighted by Crippen LogP contribution is 2.30. The number of anilines is 1. The normalized spacial score (nSPS) is 14.5. The monoisotopic (exact) mass is 412 g/mol. The number of nitrogens with zero attached hydrogens (tertiary/aromatic N) is 1. The van der Waals surface area contributed by atoms with Gasteiger partial charge in [-0.2, -0.15) is 0 Å². The number of carbonyl (C=O) groups excluding carboxylic acids is 5. The Morgan fingerprint density at radius 3 is 1.90 bits per heavy atom. The Kier molecular flexibility index (Phi) is 3.84. The molecule has 0 radical (unpaired) electrons. The molecule has 8 heteroatoms. The van der Waals surface area contributed by atoms with Gasteiger partial charge in [0.25, 0.3) is 23.6 Å². The van der Waals surface area contributed by atoms with Gasteiger partial charge in [0.2, 0.25) is 0 Å². The van der Waals surface area contributed by atoms with Crippen LogP contribution in [0.3, 0.4) is 0 Å². The molecule has 2 N–H and O–H groups in total. The van der Waals surface area contributed by atoms with Gasteiger partial charge in [0.1, 0.15) is 5.75 Å². The minimum atomic E-state index is -0.584. The average molecular weight is 412 g/mol. The third-order valence-corrected chi connectivity index (χ3v) is 5.25. The van der Waals surface area contributed by atoms with E-state index < -0.39 is 29.4 Å². The summed E-state index contributed by atoms with van der Waals surface area (Å²) in [5.74, 6) is -2.67. The fourth-order valence-electron chi connectivity index (χ4n) is 3.69. The van der Waals surface area contributed by atoms with Gasteiger partial charge in [-0.15, -0.1) is 0 Å². The van der Waals surface area contributed by atoms with E-state index in [4.69, 9.17) is 0 Å². The number of aromatic hydroxyl groups is 1. The van der Waals surface area contributed by atoms with Crippen molar-refractivity contribution in [2.45, 2.75) is 0 Å². The van der Waals surface area contributed by atoms with E-state index in [2.05, 4.69) is 5.32 Å².